The second-order valence-corrected chi connectivity index (χ2v) is 16.0. The maximum absolute atomic E-state index is 15.1. The van der Waals surface area contributed by atoms with Crippen molar-refractivity contribution < 1.29 is 29.0 Å². The predicted octanol–water partition coefficient (Wildman–Crippen LogP) is 6.54. The van der Waals surface area contributed by atoms with Crippen molar-refractivity contribution in [3.63, 3.8) is 0 Å². The highest BCUT2D eigenvalue weighted by atomic mass is 16.5. The maximum Gasteiger partial charge on any atom is 0.249 e. The van der Waals surface area contributed by atoms with E-state index in [2.05, 4.69) is 47.8 Å². The number of carbonyl (C=O) groups excluding carboxylic acids is 3. The second-order valence-electron chi connectivity index (χ2n) is 16.0. The van der Waals surface area contributed by atoms with Crippen LogP contribution in [0.4, 0.5) is 5.69 Å². The number of nitrogens with zero attached hydrogens (tertiary/aromatic N) is 3. The molecule has 1 N–H and O–H groups in total. The first-order chi connectivity index (χ1) is 23.2. The molecule has 1 aromatic carbocycles. The molecule has 3 aliphatic rings. The molecule has 3 fully saturated rings. The minimum absolute atomic E-state index is 0.0521. The average molecular weight is 680 g/mol. The Labute approximate surface area is 294 Å². The van der Waals surface area contributed by atoms with E-state index in [9.17, 15) is 14.7 Å². The van der Waals surface area contributed by atoms with Crippen molar-refractivity contribution in [2.45, 2.75) is 123 Å². The number of likely N-dealkylation sites (tertiary alicyclic amines) is 1. The molecule has 0 radical (unpaired) electrons. The summed E-state index contributed by atoms with van der Waals surface area (Å²) < 4.78 is 12.8. The molecule has 9 nitrogen and oxygen atoms in total. The molecular formula is C40H61N3O6. The highest BCUT2D eigenvalue weighted by Gasteiger charge is 2.79. The number of unbranched alkanes of at least 4 members (excludes halogenated alkanes) is 3. The third-order valence-electron chi connectivity index (χ3n) is 10.8. The van der Waals surface area contributed by atoms with E-state index in [-0.39, 0.29) is 36.3 Å². The molecule has 0 aromatic heterocycles. The molecular weight excluding hydrogens is 618 g/mol. The van der Waals surface area contributed by atoms with Crippen LogP contribution in [0, 0.1) is 17.3 Å². The van der Waals surface area contributed by atoms with Crippen LogP contribution in [0.5, 0.6) is 5.75 Å². The van der Waals surface area contributed by atoms with Gasteiger partial charge >= 0.3 is 0 Å². The maximum atomic E-state index is 15.1. The van der Waals surface area contributed by atoms with Crippen molar-refractivity contribution in [2.24, 2.45) is 17.3 Å². The number of amides is 3. The topological polar surface area (TPSA) is 99.6 Å². The summed E-state index contributed by atoms with van der Waals surface area (Å²) in [4.78, 5) is 50.3. The standard InChI is InChI=1S/C40H61N3O6/c1-10-24-41(29-18-20-30(21-19-29)48-13-4)34(45)31-32-35(46)42(26-16-14-15-17-27-44)33(40(32)23-22-39(31,12-3)49-40)36(47)43(25-11-2)38(8,9)28-37(5,6)7/h10-11,18-21,31-33,44H,1-2,12-17,22-28H2,3-9H3/t31-,32+,33?,39+,40?/m1/s1. The number of aliphatic hydroxyl groups is 1. The number of aliphatic hydroxyl groups excluding tert-OH is 1. The zero-order valence-electron chi connectivity index (χ0n) is 31.1. The molecule has 3 amide bonds. The summed E-state index contributed by atoms with van der Waals surface area (Å²) in [6.45, 7) is 24.2. The van der Waals surface area contributed by atoms with Crippen molar-refractivity contribution in [3.05, 3.63) is 49.6 Å². The average Bonchev–Trinajstić information content (AvgIpc) is 3.64. The first-order valence-corrected chi connectivity index (χ1v) is 18.4. The number of fused-ring (bicyclic) bond motifs is 1. The summed E-state index contributed by atoms with van der Waals surface area (Å²) in [7, 11) is 0. The van der Waals surface area contributed by atoms with Crippen LogP contribution in [0.2, 0.25) is 0 Å². The molecule has 0 aliphatic carbocycles. The molecule has 2 bridgehead atoms. The Morgan fingerprint density at radius 2 is 1.65 bits per heavy atom. The van der Waals surface area contributed by atoms with Gasteiger partial charge in [-0.05, 0) is 89.0 Å². The summed E-state index contributed by atoms with van der Waals surface area (Å²) in [5.74, 6) is -1.33. The van der Waals surface area contributed by atoms with Gasteiger partial charge in [0.15, 0.2) is 0 Å². The van der Waals surface area contributed by atoms with Gasteiger partial charge in [0.2, 0.25) is 17.7 Å². The lowest BCUT2D eigenvalue weighted by Crippen LogP contribution is -2.61. The number of rotatable bonds is 18. The van der Waals surface area contributed by atoms with E-state index in [4.69, 9.17) is 9.47 Å². The lowest BCUT2D eigenvalue weighted by Gasteiger charge is -2.45. The van der Waals surface area contributed by atoms with Crippen LogP contribution in [0.3, 0.4) is 0 Å². The monoisotopic (exact) mass is 679 g/mol. The normalized spacial score (nSPS) is 26.1. The number of hydrogen-bond donors (Lipinski definition) is 1. The third-order valence-corrected chi connectivity index (χ3v) is 10.8. The van der Waals surface area contributed by atoms with Crippen LogP contribution < -0.4 is 9.64 Å². The summed E-state index contributed by atoms with van der Waals surface area (Å²) in [5.41, 5.74) is -1.87. The Balaban J connectivity index is 1.80. The van der Waals surface area contributed by atoms with Crippen molar-refractivity contribution in [1.29, 1.82) is 0 Å². The van der Waals surface area contributed by atoms with E-state index in [0.717, 1.165) is 19.3 Å². The van der Waals surface area contributed by atoms with Crippen LogP contribution in [0.15, 0.2) is 49.6 Å². The third kappa shape index (κ3) is 7.48. The molecule has 3 heterocycles. The molecule has 0 saturated carbocycles. The Morgan fingerprint density at radius 1 is 1.00 bits per heavy atom. The Hall–Kier alpha value is -3.17. The van der Waals surface area contributed by atoms with Gasteiger partial charge in [-0.3, -0.25) is 14.4 Å². The SMILES string of the molecule is C=CCN(C(=O)[C@H]1[C@H]2C(=O)N(CCCCCCO)C(C(=O)N(CC=C)C(C)(C)CC(C)(C)C)C23CC[C@]1(CC)O3)c1ccc(OCC)cc1. The van der Waals surface area contributed by atoms with Gasteiger partial charge in [0, 0.05) is 37.5 Å². The van der Waals surface area contributed by atoms with Gasteiger partial charge < -0.3 is 29.3 Å². The predicted molar refractivity (Wildman–Crippen MR) is 194 cm³/mol. The molecule has 49 heavy (non-hydrogen) atoms. The molecule has 4 rings (SSSR count). The fraction of sp³-hybridized carbons (Fsp3) is 0.675. The Bertz CT molecular complexity index is 1350. The van der Waals surface area contributed by atoms with Gasteiger partial charge in [0.25, 0.3) is 0 Å². The van der Waals surface area contributed by atoms with E-state index in [0.29, 0.717) is 63.2 Å². The highest BCUT2D eigenvalue weighted by Crippen LogP contribution is 2.65. The van der Waals surface area contributed by atoms with Gasteiger partial charge in [0.1, 0.15) is 17.4 Å². The zero-order valence-corrected chi connectivity index (χ0v) is 31.1. The molecule has 9 heteroatoms. The number of ether oxygens (including phenoxy) is 2. The number of carbonyl (C=O) groups is 3. The number of hydrogen-bond acceptors (Lipinski definition) is 6. The van der Waals surface area contributed by atoms with E-state index in [1.165, 1.54) is 0 Å². The van der Waals surface area contributed by atoms with Crippen molar-refractivity contribution >= 4 is 23.4 Å². The van der Waals surface area contributed by atoms with Gasteiger partial charge in [-0.15, -0.1) is 13.2 Å². The van der Waals surface area contributed by atoms with Gasteiger partial charge in [-0.1, -0.05) is 52.7 Å². The van der Waals surface area contributed by atoms with E-state index in [1.807, 2.05) is 43.0 Å². The first kappa shape index (κ1) is 38.6. The zero-order chi connectivity index (χ0) is 36.2. The largest absolute Gasteiger partial charge is 0.494 e. The smallest absolute Gasteiger partial charge is 0.249 e. The summed E-state index contributed by atoms with van der Waals surface area (Å²) in [5, 5.41) is 9.33. The molecule has 1 aromatic rings. The fourth-order valence-corrected chi connectivity index (χ4v) is 9.17. The molecule has 3 aliphatic heterocycles. The van der Waals surface area contributed by atoms with Gasteiger partial charge in [-0.25, -0.2) is 0 Å². The molecule has 2 unspecified atom stereocenters. The van der Waals surface area contributed by atoms with E-state index < -0.39 is 34.6 Å². The van der Waals surface area contributed by atoms with Crippen LogP contribution in [-0.4, -0.2) is 88.3 Å². The molecule has 3 saturated heterocycles. The minimum atomic E-state index is -1.12. The summed E-state index contributed by atoms with van der Waals surface area (Å²) in [6.07, 6.45) is 8.92. The van der Waals surface area contributed by atoms with Crippen LogP contribution in [0.1, 0.15) is 99.8 Å². The Kier molecular flexibility index (Phi) is 12.1. The number of anilines is 1. The van der Waals surface area contributed by atoms with Crippen molar-refractivity contribution in [1.82, 2.24) is 9.80 Å². The molecule has 5 atom stereocenters. The molecule has 1 spiro atoms. The Morgan fingerprint density at radius 3 is 2.22 bits per heavy atom. The van der Waals surface area contributed by atoms with E-state index >= 15 is 4.79 Å². The van der Waals surface area contributed by atoms with Crippen molar-refractivity contribution in [2.75, 3.05) is 37.7 Å². The highest BCUT2D eigenvalue weighted by molar-refractivity contribution is 6.03. The van der Waals surface area contributed by atoms with Crippen LogP contribution in [-0.2, 0) is 19.1 Å². The van der Waals surface area contributed by atoms with Gasteiger partial charge in [0.05, 0.1) is 24.0 Å². The lowest BCUT2D eigenvalue weighted by atomic mass is 9.64. The summed E-state index contributed by atoms with van der Waals surface area (Å²) >= 11 is 0. The second kappa shape index (κ2) is 15.4. The lowest BCUT2D eigenvalue weighted by molar-refractivity contribution is -0.157. The molecule has 272 valence electrons. The minimum Gasteiger partial charge on any atom is -0.494 e. The van der Waals surface area contributed by atoms with Crippen LogP contribution >= 0.6 is 0 Å². The summed E-state index contributed by atoms with van der Waals surface area (Å²) in [6, 6.07) is 6.56. The van der Waals surface area contributed by atoms with Crippen LogP contribution in [0.25, 0.3) is 0 Å². The van der Waals surface area contributed by atoms with Gasteiger partial charge in [-0.2, -0.15) is 0 Å². The van der Waals surface area contributed by atoms with E-state index in [1.54, 1.807) is 22.0 Å². The van der Waals surface area contributed by atoms with Crippen molar-refractivity contribution in [3.8, 4) is 5.75 Å². The first-order valence-electron chi connectivity index (χ1n) is 18.4. The fourth-order valence-electron chi connectivity index (χ4n) is 9.17. The quantitative estimate of drug-likeness (QED) is 0.140. The number of benzene rings is 1.